The lowest BCUT2D eigenvalue weighted by atomic mass is 9.63. The number of hydrogen-bond donors (Lipinski definition) is 1. The maximum Gasteiger partial charge on any atom is 0.0441 e. The van der Waals surface area contributed by atoms with Crippen molar-refractivity contribution in [2.45, 2.75) is 37.6 Å². The molecule has 0 radical (unpaired) electrons. The SMILES string of the molecule is Clc1ccccc1C1CNCCC12CCN1CCCC12. The molecular formula is C17H23ClN2. The van der Waals surface area contributed by atoms with Crippen molar-refractivity contribution in [2.75, 3.05) is 26.2 Å². The van der Waals surface area contributed by atoms with Gasteiger partial charge in [0.1, 0.15) is 0 Å². The fourth-order valence-corrected chi connectivity index (χ4v) is 5.35. The van der Waals surface area contributed by atoms with E-state index in [1.165, 1.54) is 50.9 Å². The Morgan fingerprint density at radius 1 is 1.20 bits per heavy atom. The summed E-state index contributed by atoms with van der Waals surface area (Å²) < 4.78 is 0. The van der Waals surface area contributed by atoms with Gasteiger partial charge in [-0.05, 0) is 62.4 Å². The molecule has 1 N–H and O–H groups in total. The number of nitrogens with one attached hydrogen (secondary N) is 1. The summed E-state index contributed by atoms with van der Waals surface area (Å²) in [6.07, 6.45) is 5.44. The molecule has 3 saturated heterocycles. The van der Waals surface area contributed by atoms with Crippen molar-refractivity contribution in [1.29, 1.82) is 0 Å². The first kappa shape index (κ1) is 13.1. The first-order valence-corrected chi connectivity index (χ1v) is 8.38. The maximum absolute atomic E-state index is 6.52. The quantitative estimate of drug-likeness (QED) is 0.854. The molecule has 3 aliphatic rings. The van der Waals surface area contributed by atoms with Crippen LogP contribution < -0.4 is 5.32 Å². The molecule has 1 spiro atoms. The molecule has 0 amide bonds. The zero-order valence-electron chi connectivity index (χ0n) is 11.9. The first-order chi connectivity index (χ1) is 9.81. The van der Waals surface area contributed by atoms with E-state index in [4.69, 9.17) is 11.6 Å². The van der Waals surface area contributed by atoms with Crippen LogP contribution in [0, 0.1) is 5.41 Å². The Hall–Kier alpha value is -0.570. The number of piperidine rings is 1. The van der Waals surface area contributed by atoms with Crippen molar-refractivity contribution >= 4 is 11.6 Å². The van der Waals surface area contributed by atoms with E-state index in [0.29, 0.717) is 11.3 Å². The van der Waals surface area contributed by atoms with Gasteiger partial charge in [-0.3, -0.25) is 4.90 Å². The third-order valence-electron chi connectivity index (χ3n) is 5.98. The number of hydrogen-bond acceptors (Lipinski definition) is 2. The Morgan fingerprint density at radius 3 is 3.00 bits per heavy atom. The predicted molar refractivity (Wildman–Crippen MR) is 83.3 cm³/mol. The highest BCUT2D eigenvalue weighted by atomic mass is 35.5. The molecule has 3 heteroatoms. The lowest BCUT2D eigenvalue weighted by Gasteiger charge is -2.46. The van der Waals surface area contributed by atoms with Gasteiger partial charge in [0.2, 0.25) is 0 Å². The summed E-state index contributed by atoms with van der Waals surface area (Å²) in [7, 11) is 0. The molecule has 3 fully saturated rings. The Balaban J connectivity index is 1.75. The highest BCUT2D eigenvalue weighted by molar-refractivity contribution is 6.31. The molecule has 108 valence electrons. The van der Waals surface area contributed by atoms with E-state index < -0.39 is 0 Å². The third kappa shape index (κ3) is 1.85. The van der Waals surface area contributed by atoms with Crippen LogP contribution in [0.1, 0.15) is 37.2 Å². The van der Waals surface area contributed by atoms with Crippen molar-refractivity contribution in [2.24, 2.45) is 5.41 Å². The summed E-state index contributed by atoms with van der Waals surface area (Å²) in [5.41, 5.74) is 1.84. The maximum atomic E-state index is 6.52. The highest BCUT2D eigenvalue weighted by Gasteiger charge is 2.54. The monoisotopic (exact) mass is 290 g/mol. The van der Waals surface area contributed by atoms with Crippen molar-refractivity contribution in [3.05, 3.63) is 34.9 Å². The van der Waals surface area contributed by atoms with Crippen LogP contribution in [0.3, 0.4) is 0 Å². The molecule has 3 heterocycles. The molecule has 0 saturated carbocycles. The summed E-state index contributed by atoms with van der Waals surface area (Å²) in [6, 6.07) is 9.29. The smallest absolute Gasteiger partial charge is 0.0441 e. The van der Waals surface area contributed by atoms with Crippen LogP contribution in [-0.2, 0) is 0 Å². The number of nitrogens with zero attached hydrogens (tertiary/aromatic N) is 1. The molecule has 3 aliphatic heterocycles. The van der Waals surface area contributed by atoms with E-state index >= 15 is 0 Å². The van der Waals surface area contributed by atoms with Crippen LogP contribution in [0.5, 0.6) is 0 Å². The molecule has 3 unspecified atom stereocenters. The van der Waals surface area contributed by atoms with E-state index in [0.717, 1.165) is 17.6 Å². The van der Waals surface area contributed by atoms with E-state index in [1.54, 1.807) is 0 Å². The molecule has 0 aliphatic carbocycles. The minimum atomic E-state index is 0.465. The molecule has 3 atom stereocenters. The number of benzene rings is 1. The Labute approximate surface area is 126 Å². The fourth-order valence-electron chi connectivity index (χ4n) is 5.08. The van der Waals surface area contributed by atoms with Gasteiger partial charge in [0.25, 0.3) is 0 Å². The van der Waals surface area contributed by atoms with Gasteiger partial charge in [-0.15, -0.1) is 0 Å². The van der Waals surface area contributed by atoms with Gasteiger partial charge in [0, 0.05) is 23.5 Å². The molecule has 2 nitrogen and oxygen atoms in total. The zero-order chi connectivity index (χ0) is 13.6. The number of fused-ring (bicyclic) bond motifs is 2. The largest absolute Gasteiger partial charge is 0.316 e. The van der Waals surface area contributed by atoms with Gasteiger partial charge in [0.15, 0.2) is 0 Å². The lowest BCUT2D eigenvalue weighted by molar-refractivity contribution is 0.112. The van der Waals surface area contributed by atoms with Gasteiger partial charge in [-0.1, -0.05) is 29.8 Å². The molecular weight excluding hydrogens is 268 g/mol. The second-order valence-electron chi connectivity index (χ2n) is 6.71. The molecule has 4 rings (SSSR count). The summed E-state index contributed by atoms with van der Waals surface area (Å²) >= 11 is 6.52. The summed E-state index contributed by atoms with van der Waals surface area (Å²) in [4.78, 5) is 2.75. The van der Waals surface area contributed by atoms with E-state index in [2.05, 4.69) is 28.4 Å². The second kappa shape index (κ2) is 5.01. The van der Waals surface area contributed by atoms with Gasteiger partial charge < -0.3 is 5.32 Å². The third-order valence-corrected chi connectivity index (χ3v) is 6.33. The zero-order valence-corrected chi connectivity index (χ0v) is 12.7. The standard InChI is InChI=1S/C17H23ClN2/c18-15-5-2-1-4-13(15)14-12-19-9-7-17(14)8-11-20-10-3-6-16(17)20/h1-2,4-5,14,16,19H,3,6-12H2. The highest BCUT2D eigenvalue weighted by Crippen LogP contribution is 2.55. The fraction of sp³-hybridized carbons (Fsp3) is 0.647. The Morgan fingerprint density at radius 2 is 2.10 bits per heavy atom. The molecule has 1 aromatic carbocycles. The average molecular weight is 291 g/mol. The van der Waals surface area contributed by atoms with Crippen molar-refractivity contribution in [3.8, 4) is 0 Å². The van der Waals surface area contributed by atoms with Crippen molar-refractivity contribution < 1.29 is 0 Å². The lowest BCUT2D eigenvalue weighted by Crippen LogP contribution is -2.49. The molecule has 20 heavy (non-hydrogen) atoms. The first-order valence-electron chi connectivity index (χ1n) is 8.00. The summed E-state index contributed by atoms with van der Waals surface area (Å²) in [5.74, 6) is 0.582. The predicted octanol–water partition coefficient (Wildman–Crippen LogP) is 3.27. The van der Waals surface area contributed by atoms with Crippen LogP contribution in [0.25, 0.3) is 0 Å². The molecule has 0 bridgehead atoms. The van der Waals surface area contributed by atoms with Gasteiger partial charge in [-0.2, -0.15) is 0 Å². The van der Waals surface area contributed by atoms with E-state index in [-0.39, 0.29) is 0 Å². The van der Waals surface area contributed by atoms with Gasteiger partial charge in [-0.25, -0.2) is 0 Å². The van der Waals surface area contributed by atoms with Crippen LogP contribution in [0.15, 0.2) is 24.3 Å². The Kier molecular flexibility index (Phi) is 3.29. The van der Waals surface area contributed by atoms with Crippen LogP contribution in [-0.4, -0.2) is 37.1 Å². The molecule has 1 aromatic rings. The van der Waals surface area contributed by atoms with Crippen LogP contribution in [0.4, 0.5) is 0 Å². The van der Waals surface area contributed by atoms with Crippen molar-refractivity contribution in [3.63, 3.8) is 0 Å². The van der Waals surface area contributed by atoms with Gasteiger partial charge in [0.05, 0.1) is 0 Å². The van der Waals surface area contributed by atoms with E-state index in [1.807, 2.05) is 6.07 Å². The average Bonchev–Trinajstić information content (AvgIpc) is 3.06. The normalized spacial score (nSPS) is 37.5. The minimum Gasteiger partial charge on any atom is -0.316 e. The Bertz CT molecular complexity index is 500. The number of halogens is 1. The van der Waals surface area contributed by atoms with E-state index in [9.17, 15) is 0 Å². The number of rotatable bonds is 1. The summed E-state index contributed by atoms with van der Waals surface area (Å²) in [6.45, 7) is 4.88. The minimum absolute atomic E-state index is 0.465. The van der Waals surface area contributed by atoms with Crippen LogP contribution >= 0.6 is 11.6 Å². The van der Waals surface area contributed by atoms with Gasteiger partial charge >= 0.3 is 0 Å². The van der Waals surface area contributed by atoms with Crippen LogP contribution in [0.2, 0.25) is 5.02 Å². The second-order valence-corrected chi connectivity index (χ2v) is 7.11. The molecule has 0 aromatic heterocycles. The topological polar surface area (TPSA) is 15.3 Å². The summed E-state index contributed by atoms with van der Waals surface area (Å²) in [5, 5.41) is 4.57. The van der Waals surface area contributed by atoms with Crippen molar-refractivity contribution in [1.82, 2.24) is 10.2 Å².